The maximum absolute atomic E-state index is 11.9. The Morgan fingerprint density at radius 3 is 3.32 bits per heavy atom. The van der Waals surface area contributed by atoms with Gasteiger partial charge in [-0.25, -0.2) is 4.98 Å². The molecule has 104 valence electrons. The Kier molecular flexibility index (Phi) is 4.37. The minimum atomic E-state index is -0.441. The highest BCUT2D eigenvalue weighted by Crippen LogP contribution is 2.15. The first kappa shape index (κ1) is 13.8. The predicted octanol–water partition coefficient (Wildman–Crippen LogP) is 1.21. The summed E-state index contributed by atoms with van der Waals surface area (Å²) in [4.78, 5) is 16.4. The fourth-order valence-corrected chi connectivity index (χ4v) is 2.31. The van der Waals surface area contributed by atoms with Crippen LogP contribution in [-0.2, 0) is 22.5 Å². The first-order valence-corrected chi connectivity index (χ1v) is 6.65. The number of carbonyl (C=O) groups excluding carboxylic acids is 1. The molecular weight excluding hydrogens is 242 g/mol. The number of imidazole rings is 1. The van der Waals surface area contributed by atoms with Crippen LogP contribution in [0, 0.1) is 6.92 Å². The zero-order valence-electron chi connectivity index (χ0n) is 11.6. The van der Waals surface area contributed by atoms with Crippen molar-refractivity contribution in [2.75, 3.05) is 6.61 Å². The summed E-state index contributed by atoms with van der Waals surface area (Å²) in [5.74, 6) is 1.05. The van der Waals surface area contributed by atoms with E-state index < -0.39 is 6.10 Å². The van der Waals surface area contributed by atoms with Crippen molar-refractivity contribution in [3.63, 3.8) is 0 Å². The summed E-state index contributed by atoms with van der Waals surface area (Å²) < 4.78 is 7.44. The highest BCUT2D eigenvalue weighted by atomic mass is 16.5. The number of carbonyl (C=O) groups is 1. The zero-order valence-corrected chi connectivity index (χ0v) is 11.6. The SMILES string of the molecule is C=CCOC(C)C(=O)NC1CCc2nc(C)cn2C1. The smallest absolute Gasteiger partial charge is 0.249 e. The van der Waals surface area contributed by atoms with Crippen LogP contribution in [0.5, 0.6) is 0 Å². The first-order valence-electron chi connectivity index (χ1n) is 6.65. The van der Waals surface area contributed by atoms with Crippen molar-refractivity contribution in [2.45, 2.75) is 45.4 Å². The van der Waals surface area contributed by atoms with Crippen LogP contribution in [-0.4, -0.2) is 34.2 Å². The third-order valence-electron chi connectivity index (χ3n) is 3.29. The molecule has 0 aliphatic carbocycles. The third-order valence-corrected chi connectivity index (χ3v) is 3.29. The zero-order chi connectivity index (χ0) is 13.8. The molecule has 1 aromatic heterocycles. The molecule has 0 radical (unpaired) electrons. The fourth-order valence-electron chi connectivity index (χ4n) is 2.31. The molecule has 0 fully saturated rings. The number of aryl methyl sites for hydroxylation is 2. The van der Waals surface area contributed by atoms with Crippen LogP contribution in [0.1, 0.15) is 24.9 Å². The third kappa shape index (κ3) is 3.44. The fraction of sp³-hybridized carbons (Fsp3) is 0.571. The molecule has 0 aromatic carbocycles. The standard InChI is InChI=1S/C14H21N3O2/c1-4-7-19-11(3)14(18)16-12-5-6-13-15-10(2)8-17(13)9-12/h4,8,11-12H,1,5-7,9H2,2-3H3,(H,16,18). The van der Waals surface area contributed by atoms with E-state index in [1.807, 2.05) is 13.1 Å². The minimum absolute atomic E-state index is 0.0628. The summed E-state index contributed by atoms with van der Waals surface area (Å²) in [6.07, 6.45) is 5.07. The van der Waals surface area contributed by atoms with E-state index in [4.69, 9.17) is 4.74 Å². The van der Waals surface area contributed by atoms with Gasteiger partial charge in [0.2, 0.25) is 5.91 Å². The molecule has 0 saturated heterocycles. The van der Waals surface area contributed by atoms with Crippen LogP contribution in [0.3, 0.4) is 0 Å². The van der Waals surface area contributed by atoms with Crippen molar-refractivity contribution in [3.05, 3.63) is 30.4 Å². The summed E-state index contributed by atoms with van der Waals surface area (Å²) in [5, 5.41) is 3.03. The molecule has 0 bridgehead atoms. The highest BCUT2D eigenvalue weighted by Gasteiger charge is 2.23. The van der Waals surface area contributed by atoms with Gasteiger partial charge in [0.05, 0.1) is 12.3 Å². The molecule has 1 N–H and O–H groups in total. The number of amides is 1. The number of rotatable bonds is 5. The monoisotopic (exact) mass is 263 g/mol. The van der Waals surface area contributed by atoms with Gasteiger partial charge in [-0.3, -0.25) is 4.79 Å². The van der Waals surface area contributed by atoms with Gasteiger partial charge in [0.1, 0.15) is 11.9 Å². The van der Waals surface area contributed by atoms with Crippen LogP contribution < -0.4 is 5.32 Å². The Morgan fingerprint density at radius 2 is 2.58 bits per heavy atom. The van der Waals surface area contributed by atoms with Gasteiger partial charge in [-0.05, 0) is 20.3 Å². The lowest BCUT2D eigenvalue weighted by molar-refractivity contribution is -0.132. The second kappa shape index (κ2) is 6.02. The van der Waals surface area contributed by atoms with Gasteiger partial charge in [0.15, 0.2) is 0 Å². The minimum Gasteiger partial charge on any atom is -0.365 e. The van der Waals surface area contributed by atoms with Crippen molar-refractivity contribution in [1.82, 2.24) is 14.9 Å². The van der Waals surface area contributed by atoms with Gasteiger partial charge in [0.25, 0.3) is 0 Å². The predicted molar refractivity (Wildman–Crippen MR) is 72.8 cm³/mol. The molecule has 5 heteroatoms. The van der Waals surface area contributed by atoms with Gasteiger partial charge in [-0.15, -0.1) is 6.58 Å². The number of fused-ring (bicyclic) bond motifs is 1. The second-order valence-electron chi connectivity index (χ2n) is 4.96. The van der Waals surface area contributed by atoms with E-state index in [2.05, 4.69) is 21.4 Å². The van der Waals surface area contributed by atoms with E-state index >= 15 is 0 Å². The summed E-state index contributed by atoms with van der Waals surface area (Å²) in [7, 11) is 0. The molecular formula is C14H21N3O2. The van der Waals surface area contributed by atoms with E-state index in [-0.39, 0.29) is 11.9 Å². The van der Waals surface area contributed by atoms with Crippen LogP contribution >= 0.6 is 0 Å². The van der Waals surface area contributed by atoms with E-state index in [9.17, 15) is 4.79 Å². The molecule has 2 rings (SSSR count). The number of aromatic nitrogens is 2. The quantitative estimate of drug-likeness (QED) is 0.813. The van der Waals surface area contributed by atoms with Crippen molar-refractivity contribution < 1.29 is 9.53 Å². The summed E-state index contributed by atoms with van der Waals surface area (Å²) in [5.41, 5.74) is 1.03. The van der Waals surface area contributed by atoms with Crippen molar-refractivity contribution in [1.29, 1.82) is 0 Å². The second-order valence-corrected chi connectivity index (χ2v) is 4.96. The number of nitrogens with one attached hydrogen (secondary N) is 1. The Hall–Kier alpha value is -1.62. The molecule has 1 aliphatic rings. The van der Waals surface area contributed by atoms with Gasteiger partial charge in [-0.1, -0.05) is 6.08 Å². The van der Waals surface area contributed by atoms with Gasteiger partial charge >= 0.3 is 0 Å². The highest BCUT2D eigenvalue weighted by molar-refractivity contribution is 5.80. The topological polar surface area (TPSA) is 56.1 Å². The Balaban J connectivity index is 1.87. The number of ether oxygens (including phenoxy) is 1. The van der Waals surface area contributed by atoms with Gasteiger partial charge in [0, 0.05) is 25.2 Å². The van der Waals surface area contributed by atoms with Crippen LogP contribution in [0.25, 0.3) is 0 Å². The molecule has 2 heterocycles. The van der Waals surface area contributed by atoms with Crippen LogP contribution in [0.2, 0.25) is 0 Å². The van der Waals surface area contributed by atoms with Gasteiger partial charge < -0.3 is 14.6 Å². The van der Waals surface area contributed by atoms with E-state index in [1.54, 1.807) is 13.0 Å². The Labute approximate surface area is 113 Å². The number of nitrogens with zero attached hydrogens (tertiary/aromatic N) is 2. The van der Waals surface area contributed by atoms with E-state index in [1.165, 1.54) is 0 Å². The van der Waals surface area contributed by atoms with Crippen LogP contribution in [0.4, 0.5) is 0 Å². The van der Waals surface area contributed by atoms with E-state index in [0.29, 0.717) is 6.61 Å². The molecule has 0 spiro atoms. The molecule has 0 saturated carbocycles. The first-order chi connectivity index (χ1) is 9.10. The molecule has 1 aromatic rings. The lowest BCUT2D eigenvalue weighted by Gasteiger charge is -2.25. The Bertz CT molecular complexity index is 467. The largest absolute Gasteiger partial charge is 0.365 e. The molecule has 19 heavy (non-hydrogen) atoms. The summed E-state index contributed by atoms with van der Waals surface area (Å²) in [6, 6.07) is 0.156. The Morgan fingerprint density at radius 1 is 1.79 bits per heavy atom. The number of hydrogen-bond donors (Lipinski definition) is 1. The molecule has 1 aliphatic heterocycles. The maximum atomic E-state index is 11.9. The average molecular weight is 263 g/mol. The summed E-state index contributed by atoms with van der Waals surface area (Å²) in [6.45, 7) is 8.50. The molecule has 1 amide bonds. The van der Waals surface area contributed by atoms with Crippen molar-refractivity contribution >= 4 is 5.91 Å². The van der Waals surface area contributed by atoms with Crippen molar-refractivity contribution in [2.24, 2.45) is 0 Å². The van der Waals surface area contributed by atoms with Gasteiger partial charge in [-0.2, -0.15) is 0 Å². The lowest BCUT2D eigenvalue weighted by Crippen LogP contribution is -2.45. The molecule has 2 atom stereocenters. The lowest BCUT2D eigenvalue weighted by atomic mass is 10.1. The van der Waals surface area contributed by atoms with E-state index in [0.717, 1.165) is 30.9 Å². The molecule has 5 nitrogen and oxygen atoms in total. The normalized spacial score (nSPS) is 19.6. The summed E-state index contributed by atoms with van der Waals surface area (Å²) >= 11 is 0. The van der Waals surface area contributed by atoms with Crippen molar-refractivity contribution in [3.8, 4) is 0 Å². The van der Waals surface area contributed by atoms with Crippen LogP contribution in [0.15, 0.2) is 18.9 Å². The molecule has 2 unspecified atom stereocenters. The maximum Gasteiger partial charge on any atom is 0.249 e. The average Bonchev–Trinajstić information content (AvgIpc) is 2.75. The number of hydrogen-bond acceptors (Lipinski definition) is 3.